The molecular formula is C12H11FN4OS. The van der Waals surface area contributed by atoms with E-state index >= 15 is 0 Å². The number of fused-ring (bicyclic) bond motifs is 1. The van der Waals surface area contributed by atoms with Crippen LogP contribution in [0.1, 0.15) is 5.01 Å². The van der Waals surface area contributed by atoms with Gasteiger partial charge in [-0.3, -0.25) is 9.69 Å². The first-order valence-electron chi connectivity index (χ1n) is 5.69. The van der Waals surface area contributed by atoms with Crippen LogP contribution in [0.4, 0.5) is 20.9 Å². The van der Waals surface area contributed by atoms with Gasteiger partial charge in [0.05, 0.1) is 11.4 Å². The van der Waals surface area contributed by atoms with Crippen LogP contribution in [-0.2, 0) is 4.79 Å². The van der Waals surface area contributed by atoms with Crippen LogP contribution in [-0.4, -0.2) is 29.7 Å². The van der Waals surface area contributed by atoms with Gasteiger partial charge in [-0.1, -0.05) is 11.3 Å². The number of hydrogen-bond donors (Lipinski definition) is 0. The Morgan fingerprint density at radius 1 is 1.37 bits per heavy atom. The fourth-order valence-corrected chi connectivity index (χ4v) is 2.93. The van der Waals surface area contributed by atoms with Crippen molar-refractivity contribution < 1.29 is 9.18 Å². The Labute approximate surface area is 113 Å². The molecule has 1 aliphatic heterocycles. The summed E-state index contributed by atoms with van der Waals surface area (Å²) in [6, 6.07) is 4.45. The minimum absolute atomic E-state index is 0.328. The molecule has 0 spiro atoms. The highest BCUT2D eigenvalue weighted by Crippen LogP contribution is 2.43. The van der Waals surface area contributed by atoms with Gasteiger partial charge in [0.15, 0.2) is 12.5 Å². The number of benzene rings is 1. The van der Waals surface area contributed by atoms with E-state index < -0.39 is 6.17 Å². The number of aldehydes is 1. The molecule has 3 rings (SSSR count). The van der Waals surface area contributed by atoms with Crippen molar-refractivity contribution in [3.05, 3.63) is 29.0 Å². The molecule has 1 atom stereocenters. The Morgan fingerprint density at radius 3 is 2.79 bits per heavy atom. The van der Waals surface area contributed by atoms with Gasteiger partial charge in [0, 0.05) is 7.05 Å². The zero-order valence-corrected chi connectivity index (χ0v) is 11.2. The predicted octanol–water partition coefficient (Wildman–Crippen LogP) is 2.10. The molecule has 1 unspecified atom stereocenters. The molecule has 0 saturated carbocycles. The topological polar surface area (TPSA) is 49.3 Å². The standard InChI is InChI=1S/C12H11FN4OS/c1-7-14-15-12(19-7)17-9-4-3-8(13)5-10(9)16(2)11(17)6-18/h3-6,11H,1-2H3. The second kappa shape index (κ2) is 4.27. The van der Waals surface area contributed by atoms with Crippen LogP contribution in [0.2, 0.25) is 0 Å². The van der Waals surface area contributed by atoms with Gasteiger partial charge >= 0.3 is 0 Å². The lowest BCUT2D eigenvalue weighted by Crippen LogP contribution is -2.39. The highest BCUT2D eigenvalue weighted by molar-refractivity contribution is 7.15. The highest BCUT2D eigenvalue weighted by atomic mass is 32.1. The maximum atomic E-state index is 13.3. The zero-order chi connectivity index (χ0) is 13.6. The molecule has 0 saturated heterocycles. The van der Waals surface area contributed by atoms with Crippen LogP contribution < -0.4 is 9.80 Å². The predicted molar refractivity (Wildman–Crippen MR) is 71.4 cm³/mol. The number of rotatable bonds is 2. The number of likely N-dealkylation sites (N-methyl/N-ethyl adjacent to an activating group) is 1. The number of nitrogens with zero attached hydrogens (tertiary/aromatic N) is 4. The van der Waals surface area contributed by atoms with Gasteiger partial charge in [0.2, 0.25) is 5.13 Å². The lowest BCUT2D eigenvalue weighted by Gasteiger charge is -2.23. The average Bonchev–Trinajstić information content (AvgIpc) is 2.92. The van der Waals surface area contributed by atoms with Gasteiger partial charge in [-0.2, -0.15) is 0 Å². The third kappa shape index (κ3) is 1.77. The van der Waals surface area contributed by atoms with Gasteiger partial charge in [-0.05, 0) is 25.1 Å². The van der Waals surface area contributed by atoms with E-state index in [-0.39, 0.29) is 5.82 Å². The molecule has 2 aromatic rings. The molecule has 0 bridgehead atoms. The fourth-order valence-electron chi connectivity index (χ4n) is 2.19. The summed E-state index contributed by atoms with van der Waals surface area (Å²) in [6.07, 6.45) is 0.290. The first-order chi connectivity index (χ1) is 9.11. The van der Waals surface area contributed by atoms with Crippen molar-refractivity contribution in [3.63, 3.8) is 0 Å². The molecule has 98 valence electrons. The molecule has 0 amide bonds. The van der Waals surface area contributed by atoms with Crippen molar-refractivity contribution >= 4 is 34.1 Å². The summed E-state index contributed by atoms with van der Waals surface area (Å²) in [6.45, 7) is 1.85. The van der Waals surface area contributed by atoms with E-state index in [2.05, 4.69) is 10.2 Å². The van der Waals surface area contributed by atoms with Gasteiger partial charge in [-0.15, -0.1) is 10.2 Å². The molecule has 0 fully saturated rings. The maximum absolute atomic E-state index is 13.3. The quantitative estimate of drug-likeness (QED) is 0.787. The molecule has 1 aliphatic rings. The van der Waals surface area contributed by atoms with Crippen LogP contribution >= 0.6 is 11.3 Å². The number of carbonyl (C=O) groups is 1. The summed E-state index contributed by atoms with van der Waals surface area (Å²) in [5.74, 6) is -0.328. The van der Waals surface area contributed by atoms with E-state index in [0.29, 0.717) is 10.8 Å². The molecule has 5 nitrogen and oxygen atoms in total. The first-order valence-corrected chi connectivity index (χ1v) is 6.50. The molecular weight excluding hydrogens is 267 g/mol. The smallest absolute Gasteiger partial charge is 0.214 e. The second-order valence-electron chi connectivity index (χ2n) is 4.27. The van der Waals surface area contributed by atoms with Crippen LogP contribution in [0.5, 0.6) is 0 Å². The van der Waals surface area contributed by atoms with Gasteiger partial charge in [-0.25, -0.2) is 4.39 Å². The third-order valence-corrected chi connectivity index (χ3v) is 3.92. The maximum Gasteiger partial charge on any atom is 0.214 e. The zero-order valence-electron chi connectivity index (χ0n) is 10.4. The second-order valence-corrected chi connectivity index (χ2v) is 5.43. The molecule has 19 heavy (non-hydrogen) atoms. The van der Waals surface area contributed by atoms with E-state index in [4.69, 9.17) is 0 Å². The van der Waals surface area contributed by atoms with Crippen molar-refractivity contribution in [1.29, 1.82) is 0 Å². The van der Waals surface area contributed by atoms with Crippen LogP contribution in [0.3, 0.4) is 0 Å². The van der Waals surface area contributed by atoms with Gasteiger partial charge in [0.1, 0.15) is 10.8 Å². The Balaban J connectivity index is 2.15. The number of hydrogen-bond acceptors (Lipinski definition) is 6. The Kier molecular flexibility index (Phi) is 2.70. The van der Waals surface area contributed by atoms with Gasteiger partial charge < -0.3 is 4.90 Å². The summed E-state index contributed by atoms with van der Waals surface area (Å²) < 4.78 is 13.3. The summed E-state index contributed by atoms with van der Waals surface area (Å²) in [7, 11) is 1.76. The van der Waals surface area contributed by atoms with Crippen LogP contribution in [0, 0.1) is 12.7 Å². The van der Waals surface area contributed by atoms with E-state index in [0.717, 1.165) is 17.0 Å². The van der Waals surface area contributed by atoms with Crippen molar-refractivity contribution in [2.45, 2.75) is 13.1 Å². The van der Waals surface area contributed by atoms with Crippen LogP contribution in [0.15, 0.2) is 18.2 Å². The summed E-state index contributed by atoms with van der Waals surface area (Å²) >= 11 is 1.40. The summed E-state index contributed by atoms with van der Waals surface area (Å²) in [5, 5.41) is 9.48. The molecule has 0 aliphatic carbocycles. The molecule has 0 radical (unpaired) electrons. The number of aryl methyl sites for hydroxylation is 1. The van der Waals surface area contributed by atoms with Crippen LogP contribution in [0.25, 0.3) is 0 Å². The SMILES string of the molecule is Cc1nnc(N2c3ccc(F)cc3N(C)C2C=O)s1. The summed E-state index contributed by atoms with van der Waals surface area (Å²) in [4.78, 5) is 14.8. The molecule has 7 heteroatoms. The lowest BCUT2D eigenvalue weighted by atomic mass is 10.2. The first kappa shape index (κ1) is 12.0. The normalized spacial score (nSPS) is 17.7. The number of anilines is 3. The Morgan fingerprint density at radius 2 is 2.16 bits per heavy atom. The number of halogens is 1. The van der Waals surface area contributed by atoms with Crippen molar-refractivity contribution in [1.82, 2.24) is 10.2 Å². The van der Waals surface area contributed by atoms with E-state index in [1.165, 1.54) is 23.5 Å². The Bertz CT molecular complexity index is 644. The lowest BCUT2D eigenvalue weighted by molar-refractivity contribution is -0.108. The Hall–Kier alpha value is -2.02. The molecule has 2 heterocycles. The number of carbonyl (C=O) groups excluding carboxylic acids is 1. The molecule has 0 N–H and O–H groups in total. The van der Waals surface area contributed by atoms with Crippen molar-refractivity contribution in [3.8, 4) is 0 Å². The third-order valence-electron chi connectivity index (χ3n) is 3.08. The fraction of sp³-hybridized carbons (Fsp3) is 0.250. The minimum Gasteiger partial charge on any atom is -0.346 e. The minimum atomic E-state index is -0.524. The highest BCUT2D eigenvalue weighted by Gasteiger charge is 2.36. The summed E-state index contributed by atoms with van der Waals surface area (Å²) in [5.41, 5.74) is 1.43. The molecule has 1 aromatic heterocycles. The molecule has 1 aromatic carbocycles. The van der Waals surface area contributed by atoms with Crippen molar-refractivity contribution in [2.24, 2.45) is 0 Å². The van der Waals surface area contributed by atoms with E-state index in [9.17, 15) is 9.18 Å². The van der Waals surface area contributed by atoms with E-state index in [1.807, 2.05) is 6.92 Å². The largest absolute Gasteiger partial charge is 0.346 e. The monoisotopic (exact) mass is 278 g/mol. The van der Waals surface area contributed by atoms with Crippen molar-refractivity contribution in [2.75, 3.05) is 16.8 Å². The average molecular weight is 278 g/mol. The van der Waals surface area contributed by atoms with E-state index in [1.54, 1.807) is 22.9 Å². The van der Waals surface area contributed by atoms with Gasteiger partial charge in [0.25, 0.3) is 0 Å². The number of aromatic nitrogens is 2.